The van der Waals surface area contributed by atoms with Gasteiger partial charge in [0.15, 0.2) is 5.82 Å². The van der Waals surface area contributed by atoms with Gasteiger partial charge < -0.3 is 14.8 Å². The highest BCUT2D eigenvalue weighted by Crippen LogP contribution is 2.23. The molecule has 1 amide bonds. The maximum absolute atomic E-state index is 12.9. The molecule has 1 aromatic heterocycles. The molecule has 0 spiro atoms. The molecular weight excluding hydrogens is 450 g/mol. The number of rotatable bonds is 6. The minimum Gasteiger partial charge on any atom is -0.356 e. The van der Waals surface area contributed by atoms with Crippen LogP contribution in [0.15, 0.2) is 53.3 Å². The van der Waals surface area contributed by atoms with Gasteiger partial charge in [-0.25, -0.2) is 4.98 Å². The van der Waals surface area contributed by atoms with E-state index in [4.69, 9.17) is 0 Å². The van der Waals surface area contributed by atoms with Gasteiger partial charge in [0.25, 0.3) is 5.56 Å². The van der Waals surface area contributed by atoms with Gasteiger partial charge in [-0.3, -0.25) is 14.5 Å². The van der Waals surface area contributed by atoms with Crippen molar-refractivity contribution in [3.8, 4) is 0 Å². The molecule has 2 aliphatic heterocycles. The summed E-state index contributed by atoms with van der Waals surface area (Å²) in [6, 6.07) is 16.5. The third-order valence-corrected chi connectivity index (χ3v) is 7.93. The van der Waals surface area contributed by atoms with Gasteiger partial charge in [0, 0.05) is 39.1 Å². The van der Waals surface area contributed by atoms with Crippen LogP contribution in [0.25, 0.3) is 11.0 Å². The minimum absolute atomic E-state index is 0.00665. The van der Waals surface area contributed by atoms with Crippen LogP contribution in [0.5, 0.6) is 0 Å². The topological polar surface area (TPSA) is 70.5 Å². The Labute approximate surface area is 213 Å². The molecule has 7 nitrogen and oxygen atoms in total. The van der Waals surface area contributed by atoms with E-state index >= 15 is 0 Å². The Morgan fingerprint density at radius 1 is 0.972 bits per heavy atom. The highest BCUT2D eigenvalue weighted by atomic mass is 16.2. The Bertz CT molecular complexity index is 1250. The zero-order chi connectivity index (χ0) is 25.1. The van der Waals surface area contributed by atoms with E-state index in [1.165, 1.54) is 11.1 Å². The lowest BCUT2D eigenvalue weighted by Crippen LogP contribution is -2.44. The molecule has 190 valence electrons. The monoisotopic (exact) mass is 487 g/mol. The third kappa shape index (κ3) is 5.46. The van der Waals surface area contributed by atoms with Crippen LogP contribution in [0.2, 0.25) is 0 Å². The SMILES string of the molecule is Cc1ccc(CN2CCC(CNC(=O)C3CCN(c4nc5ccccc5n(C)c4=O)CC3)CC2)cc1. The third-order valence-electron chi connectivity index (χ3n) is 7.93. The van der Waals surface area contributed by atoms with Crippen LogP contribution in [0.3, 0.4) is 0 Å². The van der Waals surface area contributed by atoms with Crippen LogP contribution >= 0.6 is 0 Å². The van der Waals surface area contributed by atoms with Gasteiger partial charge in [-0.05, 0) is 69.3 Å². The van der Waals surface area contributed by atoms with Gasteiger partial charge in [-0.1, -0.05) is 42.0 Å². The van der Waals surface area contributed by atoms with Gasteiger partial charge in [0.05, 0.1) is 11.0 Å². The van der Waals surface area contributed by atoms with E-state index in [0.29, 0.717) is 24.8 Å². The minimum atomic E-state index is -0.0784. The number of hydrogen-bond acceptors (Lipinski definition) is 5. The summed E-state index contributed by atoms with van der Waals surface area (Å²) in [6.45, 7) is 7.42. The molecule has 7 heteroatoms. The Balaban J connectivity index is 1.07. The zero-order valence-corrected chi connectivity index (χ0v) is 21.4. The number of carbonyl (C=O) groups is 1. The molecule has 0 bridgehead atoms. The van der Waals surface area contributed by atoms with Crippen LogP contribution in [0.1, 0.15) is 36.8 Å². The van der Waals surface area contributed by atoms with E-state index in [1.807, 2.05) is 29.2 Å². The van der Waals surface area contributed by atoms with Gasteiger partial charge in [0.1, 0.15) is 0 Å². The summed E-state index contributed by atoms with van der Waals surface area (Å²) >= 11 is 0. The van der Waals surface area contributed by atoms with Crippen molar-refractivity contribution in [2.75, 3.05) is 37.6 Å². The smallest absolute Gasteiger partial charge is 0.293 e. The Hall–Kier alpha value is -3.19. The summed E-state index contributed by atoms with van der Waals surface area (Å²) in [4.78, 5) is 35.0. The lowest BCUT2D eigenvalue weighted by molar-refractivity contribution is -0.125. The van der Waals surface area contributed by atoms with Crippen LogP contribution in [-0.4, -0.2) is 53.1 Å². The van der Waals surface area contributed by atoms with Crippen LogP contribution < -0.4 is 15.8 Å². The first kappa shape index (κ1) is 24.5. The number of piperidine rings is 2. The first-order chi connectivity index (χ1) is 17.5. The number of anilines is 1. The van der Waals surface area contributed by atoms with Crippen molar-refractivity contribution in [2.45, 2.75) is 39.2 Å². The summed E-state index contributed by atoms with van der Waals surface area (Å²) in [5.41, 5.74) is 4.25. The fourth-order valence-electron chi connectivity index (χ4n) is 5.51. The molecule has 0 atom stereocenters. The molecule has 3 aromatic rings. The van der Waals surface area contributed by atoms with Crippen LogP contribution in [0.4, 0.5) is 5.82 Å². The molecule has 2 saturated heterocycles. The molecule has 0 saturated carbocycles. The number of aromatic nitrogens is 2. The quantitative estimate of drug-likeness (QED) is 0.577. The van der Waals surface area contributed by atoms with Crippen molar-refractivity contribution in [2.24, 2.45) is 18.9 Å². The number of para-hydroxylation sites is 2. The summed E-state index contributed by atoms with van der Waals surface area (Å²) in [6.07, 6.45) is 3.75. The van der Waals surface area contributed by atoms with Gasteiger partial charge in [0.2, 0.25) is 5.91 Å². The highest BCUT2D eigenvalue weighted by molar-refractivity contribution is 5.79. The number of hydrogen-bond donors (Lipinski definition) is 1. The second-order valence-electron chi connectivity index (χ2n) is 10.5. The lowest BCUT2D eigenvalue weighted by Gasteiger charge is -2.34. The average Bonchev–Trinajstić information content (AvgIpc) is 2.91. The molecule has 5 rings (SSSR count). The molecule has 3 heterocycles. The number of benzene rings is 2. The number of nitrogens with zero attached hydrogens (tertiary/aromatic N) is 4. The highest BCUT2D eigenvalue weighted by Gasteiger charge is 2.28. The predicted octanol–water partition coefficient (Wildman–Crippen LogP) is 3.49. The van der Waals surface area contributed by atoms with E-state index in [0.717, 1.165) is 62.9 Å². The summed E-state index contributed by atoms with van der Waals surface area (Å²) in [5, 5.41) is 3.23. The largest absolute Gasteiger partial charge is 0.356 e. The Morgan fingerprint density at radius 3 is 2.39 bits per heavy atom. The first-order valence-corrected chi connectivity index (χ1v) is 13.2. The molecular formula is C29H37N5O2. The fourth-order valence-corrected chi connectivity index (χ4v) is 5.51. The zero-order valence-electron chi connectivity index (χ0n) is 21.4. The summed E-state index contributed by atoms with van der Waals surface area (Å²) in [7, 11) is 1.79. The lowest BCUT2D eigenvalue weighted by atomic mass is 9.94. The van der Waals surface area contributed by atoms with Gasteiger partial charge >= 0.3 is 0 Å². The maximum atomic E-state index is 12.9. The van der Waals surface area contributed by atoms with Crippen LogP contribution in [-0.2, 0) is 18.4 Å². The number of aryl methyl sites for hydroxylation is 2. The number of carbonyl (C=O) groups excluding carboxylic acids is 1. The van der Waals surface area contributed by atoms with Crippen molar-refractivity contribution in [1.29, 1.82) is 0 Å². The van der Waals surface area contributed by atoms with E-state index < -0.39 is 0 Å². The van der Waals surface area contributed by atoms with Crippen molar-refractivity contribution in [1.82, 2.24) is 19.8 Å². The van der Waals surface area contributed by atoms with Crippen molar-refractivity contribution in [3.63, 3.8) is 0 Å². The predicted molar refractivity (Wildman–Crippen MR) is 144 cm³/mol. The Morgan fingerprint density at radius 2 is 1.67 bits per heavy atom. The molecule has 0 radical (unpaired) electrons. The standard InChI is InChI=1S/C29H37N5O2/c1-21-7-9-23(10-8-21)20-33-15-11-22(12-16-33)19-30-28(35)24-13-17-34(18-14-24)27-29(36)32(2)26-6-4-3-5-25(26)31-27/h3-10,22,24H,11-20H2,1-2H3,(H,30,35). The molecule has 2 aromatic carbocycles. The summed E-state index contributed by atoms with van der Waals surface area (Å²) in [5.74, 6) is 1.21. The average molecular weight is 488 g/mol. The van der Waals surface area contributed by atoms with Crippen molar-refractivity contribution < 1.29 is 4.79 Å². The van der Waals surface area contributed by atoms with Crippen LogP contribution in [0, 0.1) is 18.8 Å². The number of likely N-dealkylation sites (tertiary alicyclic amines) is 1. The number of amides is 1. The molecule has 1 N–H and O–H groups in total. The van der Waals surface area contributed by atoms with E-state index in [-0.39, 0.29) is 17.4 Å². The number of fused-ring (bicyclic) bond motifs is 1. The van der Waals surface area contributed by atoms with E-state index in [1.54, 1.807) is 11.6 Å². The molecule has 36 heavy (non-hydrogen) atoms. The number of nitrogens with one attached hydrogen (secondary N) is 1. The van der Waals surface area contributed by atoms with Gasteiger partial charge in [-0.2, -0.15) is 0 Å². The molecule has 0 unspecified atom stereocenters. The second kappa shape index (κ2) is 10.8. The molecule has 2 fully saturated rings. The molecule has 2 aliphatic rings. The van der Waals surface area contributed by atoms with E-state index in [2.05, 4.69) is 46.4 Å². The Kier molecular flexibility index (Phi) is 7.37. The second-order valence-corrected chi connectivity index (χ2v) is 10.5. The normalized spacial score (nSPS) is 18.0. The summed E-state index contributed by atoms with van der Waals surface area (Å²) < 4.78 is 1.67. The van der Waals surface area contributed by atoms with E-state index in [9.17, 15) is 9.59 Å². The molecule has 0 aliphatic carbocycles. The first-order valence-electron chi connectivity index (χ1n) is 13.2. The maximum Gasteiger partial charge on any atom is 0.293 e. The van der Waals surface area contributed by atoms with Crippen molar-refractivity contribution in [3.05, 3.63) is 70.0 Å². The van der Waals surface area contributed by atoms with Gasteiger partial charge in [-0.15, -0.1) is 0 Å². The fraction of sp³-hybridized carbons (Fsp3) is 0.483. The van der Waals surface area contributed by atoms with Crippen molar-refractivity contribution >= 4 is 22.8 Å².